The molecule has 1 atom stereocenters. The fourth-order valence-electron chi connectivity index (χ4n) is 4.86. The van der Waals surface area contributed by atoms with E-state index in [1.54, 1.807) is 19.1 Å². The third kappa shape index (κ3) is 6.10. The Labute approximate surface area is 239 Å². The van der Waals surface area contributed by atoms with Crippen molar-refractivity contribution in [2.75, 3.05) is 13.2 Å². The number of hydrogen-bond acceptors (Lipinski definition) is 7. The van der Waals surface area contributed by atoms with Gasteiger partial charge in [0, 0.05) is 5.92 Å². The van der Waals surface area contributed by atoms with Gasteiger partial charge in [-0.05, 0) is 65.9 Å². The molecule has 0 heterocycles. The van der Waals surface area contributed by atoms with Crippen molar-refractivity contribution in [3.63, 3.8) is 0 Å². The van der Waals surface area contributed by atoms with Crippen LogP contribution in [0.5, 0.6) is 5.75 Å². The summed E-state index contributed by atoms with van der Waals surface area (Å²) in [5.74, 6) is -0.763. The molecule has 0 bridgehead atoms. The number of esters is 1. The number of hydrogen-bond donors (Lipinski definition) is 1. The number of aryl methyl sites for hydroxylation is 1. The van der Waals surface area contributed by atoms with Crippen LogP contribution in [0.4, 0.5) is 4.79 Å². The molecular weight excluding hydrogens is 542 g/mol. The number of ether oxygens (including phenoxy) is 2. The molecular formula is C32H29NO7S. The SMILES string of the molecule is CCOC(=O)C(NC(=O)OCC1c2ccccc2-c2ccccc21)c1ccc(OS(=O)(=O)c2ccc(C)cc2)cc1. The van der Waals surface area contributed by atoms with E-state index in [4.69, 9.17) is 13.7 Å². The van der Waals surface area contributed by atoms with Crippen LogP contribution < -0.4 is 9.50 Å². The zero-order valence-corrected chi connectivity index (χ0v) is 23.4. The molecule has 1 aliphatic rings. The highest BCUT2D eigenvalue weighted by atomic mass is 32.2. The predicted molar refractivity (Wildman–Crippen MR) is 153 cm³/mol. The molecule has 1 amide bonds. The lowest BCUT2D eigenvalue weighted by molar-refractivity contribution is -0.145. The summed E-state index contributed by atoms with van der Waals surface area (Å²) in [7, 11) is -4.05. The summed E-state index contributed by atoms with van der Waals surface area (Å²) in [6, 6.07) is 26.9. The second-order valence-corrected chi connectivity index (χ2v) is 11.1. The monoisotopic (exact) mass is 571 g/mol. The first kappa shape index (κ1) is 27.9. The van der Waals surface area contributed by atoms with Crippen LogP contribution in [0, 0.1) is 6.92 Å². The van der Waals surface area contributed by atoms with Crippen molar-refractivity contribution in [3.8, 4) is 16.9 Å². The van der Waals surface area contributed by atoms with E-state index in [0.717, 1.165) is 27.8 Å². The first-order valence-electron chi connectivity index (χ1n) is 13.2. The van der Waals surface area contributed by atoms with Crippen LogP contribution in [0.2, 0.25) is 0 Å². The number of carbonyl (C=O) groups is 2. The standard InChI is InChI=1S/C32H29NO7S/c1-3-38-31(34)30(22-14-16-23(17-15-22)40-41(36,37)24-18-12-21(2)13-19-24)33-32(35)39-20-29-27-10-6-4-8-25(27)26-9-5-7-11-28(26)29/h4-19,29-30H,3,20H2,1-2H3,(H,33,35). The first-order valence-corrected chi connectivity index (χ1v) is 14.6. The largest absolute Gasteiger partial charge is 0.464 e. The van der Waals surface area contributed by atoms with Gasteiger partial charge in [-0.3, -0.25) is 0 Å². The van der Waals surface area contributed by atoms with Crippen LogP contribution in [0.15, 0.2) is 102 Å². The van der Waals surface area contributed by atoms with Crippen LogP contribution in [0.3, 0.4) is 0 Å². The minimum absolute atomic E-state index is 0.0218. The van der Waals surface area contributed by atoms with Crippen LogP contribution in [-0.4, -0.2) is 33.7 Å². The fraction of sp³-hybridized carbons (Fsp3) is 0.188. The molecule has 1 N–H and O–H groups in total. The van der Waals surface area contributed by atoms with E-state index in [1.165, 1.54) is 36.4 Å². The molecule has 1 unspecified atom stereocenters. The van der Waals surface area contributed by atoms with Crippen molar-refractivity contribution in [1.29, 1.82) is 0 Å². The third-order valence-electron chi connectivity index (χ3n) is 6.86. The van der Waals surface area contributed by atoms with Crippen LogP contribution >= 0.6 is 0 Å². The van der Waals surface area contributed by atoms with E-state index in [9.17, 15) is 18.0 Å². The van der Waals surface area contributed by atoms with E-state index < -0.39 is 28.2 Å². The van der Waals surface area contributed by atoms with E-state index in [2.05, 4.69) is 5.32 Å². The highest BCUT2D eigenvalue weighted by Crippen LogP contribution is 2.44. The second kappa shape index (κ2) is 11.9. The molecule has 0 aromatic heterocycles. The average molecular weight is 572 g/mol. The Morgan fingerprint density at radius 2 is 1.39 bits per heavy atom. The zero-order valence-electron chi connectivity index (χ0n) is 22.6. The van der Waals surface area contributed by atoms with Crippen molar-refractivity contribution in [3.05, 3.63) is 119 Å². The van der Waals surface area contributed by atoms with Gasteiger partial charge in [-0.2, -0.15) is 8.42 Å². The number of fused-ring (bicyclic) bond motifs is 3. The molecule has 0 spiro atoms. The number of alkyl carbamates (subject to hydrolysis) is 1. The van der Waals surface area contributed by atoms with Gasteiger partial charge in [0.05, 0.1) is 6.61 Å². The summed E-state index contributed by atoms with van der Waals surface area (Å²) in [6.07, 6.45) is -0.785. The predicted octanol–water partition coefficient (Wildman–Crippen LogP) is 5.91. The number of nitrogens with one attached hydrogen (secondary N) is 1. The molecule has 8 nitrogen and oxygen atoms in total. The summed E-state index contributed by atoms with van der Waals surface area (Å²) in [5, 5.41) is 2.59. The van der Waals surface area contributed by atoms with Gasteiger partial charge in [0.15, 0.2) is 6.04 Å². The van der Waals surface area contributed by atoms with Crippen LogP contribution in [-0.2, 0) is 24.4 Å². The van der Waals surface area contributed by atoms with Gasteiger partial charge in [0.1, 0.15) is 17.3 Å². The van der Waals surface area contributed by atoms with Gasteiger partial charge in [-0.25, -0.2) is 9.59 Å². The van der Waals surface area contributed by atoms with Crippen molar-refractivity contribution in [2.45, 2.75) is 30.7 Å². The normalized spacial score (nSPS) is 13.0. The molecule has 41 heavy (non-hydrogen) atoms. The second-order valence-electron chi connectivity index (χ2n) is 9.57. The first-order chi connectivity index (χ1) is 19.8. The zero-order chi connectivity index (χ0) is 29.0. The van der Waals surface area contributed by atoms with Crippen molar-refractivity contribution < 1.29 is 31.7 Å². The van der Waals surface area contributed by atoms with Gasteiger partial charge in [0.2, 0.25) is 0 Å². The van der Waals surface area contributed by atoms with Gasteiger partial charge in [-0.1, -0.05) is 78.4 Å². The van der Waals surface area contributed by atoms with Gasteiger partial charge in [0.25, 0.3) is 0 Å². The quantitative estimate of drug-likeness (QED) is 0.197. The lowest BCUT2D eigenvalue weighted by Gasteiger charge is -2.19. The molecule has 9 heteroatoms. The Bertz CT molecular complexity index is 1620. The lowest BCUT2D eigenvalue weighted by Crippen LogP contribution is -2.36. The van der Waals surface area contributed by atoms with Gasteiger partial charge >= 0.3 is 22.2 Å². The van der Waals surface area contributed by atoms with Crippen molar-refractivity contribution in [2.24, 2.45) is 0 Å². The highest BCUT2D eigenvalue weighted by molar-refractivity contribution is 7.87. The Morgan fingerprint density at radius 3 is 1.98 bits per heavy atom. The Morgan fingerprint density at radius 1 is 0.805 bits per heavy atom. The lowest BCUT2D eigenvalue weighted by atomic mass is 9.98. The Balaban J connectivity index is 1.28. The van der Waals surface area contributed by atoms with E-state index >= 15 is 0 Å². The smallest absolute Gasteiger partial charge is 0.408 e. The molecule has 5 rings (SSSR count). The summed E-state index contributed by atoms with van der Waals surface area (Å²) in [5.41, 5.74) is 5.64. The number of rotatable bonds is 9. The molecule has 0 saturated heterocycles. The van der Waals surface area contributed by atoms with Crippen LogP contribution in [0.1, 0.15) is 41.1 Å². The maximum atomic E-state index is 12.9. The molecule has 0 saturated carbocycles. The minimum atomic E-state index is -4.05. The molecule has 210 valence electrons. The maximum absolute atomic E-state index is 12.9. The van der Waals surface area contributed by atoms with Gasteiger partial charge in [-0.15, -0.1) is 0 Å². The molecule has 0 aliphatic heterocycles. The number of benzene rings is 4. The Kier molecular flexibility index (Phi) is 8.07. The molecule has 4 aromatic rings. The van der Waals surface area contributed by atoms with Gasteiger partial charge < -0.3 is 19.0 Å². The molecule has 0 fully saturated rings. The average Bonchev–Trinajstić information content (AvgIpc) is 3.29. The summed E-state index contributed by atoms with van der Waals surface area (Å²) in [4.78, 5) is 25.7. The summed E-state index contributed by atoms with van der Waals surface area (Å²) >= 11 is 0. The third-order valence-corrected chi connectivity index (χ3v) is 8.12. The topological polar surface area (TPSA) is 108 Å². The number of amides is 1. The fourth-order valence-corrected chi connectivity index (χ4v) is 5.79. The molecule has 1 aliphatic carbocycles. The summed E-state index contributed by atoms with van der Waals surface area (Å²) in [6.45, 7) is 3.71. The summed E-state index contributed by atoms with van der Waals surface area (Å²) < 4.78 is 41.3. The number of carbonyl (C=O) groups excluding carboxylic acids is 2. The van der Waals surface area contributed by atoms with Crippen molar-refractivity contribution >= 4 is 22.2 Å². The molecule has 0 radical (unpaired) electrons. The molecule has 4 aromatic carbocycles. The maximum Gasteiger partial charge on any atom is 0.408 e. The minimum Gasteiger partial charge on any atom is -0.464 e. The van der Waals surface area contributed by atoms with E-state index in [-0.39, 0.29) is 29.8 Å². The van der Waals surface area contributed by atoms with E-state index in [0.29, 0.717) is 5.56 Å². The highest BCUT2D eigenvalue weighted by Gasteiger charge is 2.30. The van der Waals surface area contributed by atoms with Crippen molar-refractivity contribution in [1.82, 2.24) is 5.32 Å². The Hall–Kier alpha value is -4.63. The van der Waals surface area contributed by atoms with E-state index in [1.807, 2.05) is 55.5 Å². The van der Waals surface area contributed by atoms with Crippen LogP contribution in [0.25, 0.3) is 11.1 Å².